The molecule has 58 heavy (non-hydrogen) atoms. The van der Waals surface area contributed by atoms with Crippen molar-refractivity contribution in [2.45, 2.75) is 156 Å². The number of rotatable bonds is 5. The second-order valence-corrected chi connectivity index (χ2v) is 18.8. The molecule has 0 aliphatic carbocycles. The molecule has 4 rings (SSSR count). The number of aliphatic carboxylic acids is 1. The Kier molecular flexibility index (Phi) is 15.9. The maximum Gasteiger partial charge on any atom is 0.411 e. The second-order valence-electron chi connectivity index (χ2n) is 18.8. The Morgan fingerprint density at radius 3 is 1.48 bits per heavy atom. The summed E-state index contributed by atoms with van der Waals surface area (Å²) < 4.78 is 23.6. The fourth-order valence-electron chi connectivity index (χ4n) is 6.55. The number of piperazine rings is 2. The van der Waals surface area contributed by atoms with Gasteiger partial charge in [0.05, 0.1) is 19.4 Å². The van der Waals surface area contributed by atoms with Gasteiger partial charge in [0, 0.05) is 57.7 Å². The molecule has 2 unspecified atom stereocenters. The number of amides is 5. The molecule has 328 valence electrons. The number of carbonyl (C=O) groups is 6. The maximum atomic E-state index is 13.9. The number of aryl methyl sites for hydroxylation is 1. The highest BCUT2D eigenvalue weighted by atomic mass is 16.6. The minimum atomic E-state index is -1.19. The summed E-state index contributed by atoms with van der Waals surface area (Å²) in [5.74, 6) is -1.33. The third-order valence-corrected chi connectivity index (χ3v) is 9.08. The minimum absolute atomic E-state index is 0.0658. The normalized spacial score (nSPS) is 20.7. The third kappa shape index (κ3) is 15.2. The Morgan fingerprint density at radius 2 is 1.05 bits per heavy atom. The largest absolute Gasteiger partial charge is 0.480 e. The summed E-state index contributed by atoms with van der Waals surface area (Å²) in [5.41, 5.74) is -2.73. The van der Waals surface area contributed by atoms with Gasteiger partial charge in [0.2, 0.25) is 5.91 Å². The lowest BCUT2D eigenvalue weighted by Crippen LogP contribution is -2.64. The molecule has 18 nitrogen and oxygen atoms in total. The predicted octanol–water partition coefficient (Wildman–Crippen LogP) is 5.44. The fourth-order valence-corrected chi connectivity index (χ4v) is 6.55. The van der Waals surface area contributed by atoms with Crippen LogP contribution in [-0.4, -0.2) is 162 Å². The molecule has 1 aromatic rings. The van der Waals surface area contributed by atoms with Crippen molar-refractivity contribution in [3.05, 3.63) is 18.7 Å². The van der Waals surface area contributed by atoms with Crippen LogP contribution in [0.5, 0.6) is 0 Å². The van der Waals surface area contributed by atoms with E-state index >= 15 is 0 Å². The first-order valence-corrected chi connectivity index (χ1v) is 20.1. The van der Waals surface area contributed by atoms with Crippen LogP contribution in [0.25, 0.3) is 0 Å². The van der Waals surface area contributed by atoms with Crippen molar-refractivity contribution >= 4 is 36.2 Å². The Morgan fingerprint density at radius 1 is 0.603 bits per heavy atom. The van der Waals surface area contributed by atoms with Crippen molar-refractivity contribution in [3.8, 4) is 0 Å². The van der Waals surface area contributed by atoms with Gasteiger partial charge in [-0.1, -0.05) is 0 Å². The Balaban J connectivity index is 0.000000340. The Labute approximate surface area is 343 Å². The molecular formula is C40H67N7O11. The highest BCUT2D eigenvalue weighted by molar-refractivity contribution is 5.87. The lowest BCUT2D eigenvalue weighted by Gasteiger charge is -2.45. The number of ether oxygens (including phenoxy) is 4. The van der Waals surface area contributed by atoms with Crippen molar-refractivity contribution < 1.29 is 52.8 Å². The number of piperidine rings is 1. The van der Waals surface area contributed by atoms with E-state index in [0.717, 1.165) is 37.1 Å². The maximum absolute atomic E-state index is 13.9. The first-order valence-electron chi connectivity index (χ1n) is 20.1. The zero-order valence-electron chi connectivity index (χ0n) is 36.6. The summed E-state index contributed by atoms with van der Waals surface area (Å²) in [5, 5.41) is 9.36. The Hall–Kier alpha value is -4.77. The average molecular weight is 822 g/mol. The quantitative estimate of drug-likeness (QED) is 0.371. The summed E-state index contributed by atoms with van der Waals surface area (Å²) in [4.78, 5) is 86.9. The minimum Gasteiger partial charge on any atom is -0.480 e. The molecule has 0 radical (unpaired) electrons. The molecule has 0 aromatic carbocycles. The van der Waals surface area contributed by atoms with Crippen LogP contribution in [0.4, 0.5) is 19.2 Å². The van der Waals surface area contributed by atoms with Crippen molar-refractivity contribution in [1.82, 2.24) is 34.1 Å². The summed E-state index contributed by atoms with van der Waals surface area (Å²) >= 11 is 0. The second kappa shape index (κ2) is 19.3. The highest BCUT2D eigenvalue weighted by Gasteiger charge is 2.44. The van der Waals surface area contributed by atoms with Gasteiger partial charge < -0.3 is 43.3 Å². The summed E-state index contributed by atoms with van der Waals surface area (Å²) in [7, 11) is 0. The van der Waals surface area contributed by atoms with E-state index < -0.39 is 64.8 Å². The van der Waals surface area contributed by atoms with E-state index in [9.17, 15) is 33.9 Å². The number of aromatic nitrogens is 2. The molecule has 18 heteroatoms. The van der Waals surface area contributed by atoms with Gasteiger partial charge in [0.15, 0.2) is 6.04 Å². The lowest BCUT2D eigenvalue weighted by atomic mass is 9.97. The van der Waals surface area contributed by atoms with Crippen LogP contribution >= 0.6 is 0 Å². The van der Waals surface area contributed by atoms with Gasteiger partial charge in [-0.05, 0) is 109 Å². The monoisotopic (exact) mass is 821 g/mol. The third-order valence-electron chi connectivity index (χ3n) is 9.08. The highest BCUT2D eigenvalue weighted by Crippen LogP contribution is 2.26. The topological polar surface area (TPSA) is 194 Å². The number of likely N-dealkylation sites (tertiary alicyclic amines) is 1. The number of hydrogen-bond acceptors (Lipinski definition) is 11. The van der Waals surface area contributed by atoms with Crippen molar-refractivity contribution in [2.75, 3.05) is 45.8 Å². The first-order chi connectivity index (χ1) is 26.6. The molecule has 0 bridgehead atoms. The van der Waals surface area contributed by atoms with Gasteiger partial charge >= 0.3 is 30.3 Å². The van der Waals surface area contributed by atoms with Gasteiger partial charge in [-0.25, -0.2) is 29.0 Å². The molecule has 3 atom stereocenters. The van der Waals surface area contributed by atoms with Crippen LogP contribution in [-0.2, 0) is 35.1 Å². The van der Waals surface area contributed by atoms with Gasteiger partial charge in [-0.3, -0.25) is 14.6 Å². The number of nitrogens with zero attached hydrogens (tertiary/aromatic N) is 7. The lowest BCUT2D eigenvalue weighted by molar-refractivity contribution is -0.145. The fraction of sp³-hybridized carbons (Fsp3) is 0.775. The first kappa shape index (κ1) is 47.6. The molecule has 3 fully saturated rings. The van der Waals surface area contributed by atoms with Crippen molar-refractivity contribution in [1.29, 1.82) is 0 Å². The van der Waals surface area contributed by atoms with E-state index in [1.165, 1.54) is 14.7 Å². The number of carbonyl (C=O) groups excluding carboxylic acids is 5. The molecule has 1 aromatic heterocycles. The van der Waals surface area contributed by atoms with E-state index in [0.29, 0.717) is 6.54 Å². The van der Waals surface area contributed by atoms with Gasteiger partial charge in [0.25, 0.3) is 0 Å². The number of carboxylic acid groups (broad SMARTS) is 1. The van der Waals surface area contributed by atoms with Crippen LogP contribution < -0.4 is 0 Å². The standard InChI is InChI=1S/C25H41N5O5.C15H26N2O6/c1-24(2,3)34-22(32)28-15-16-30(23(33)35-25(4,5)6)20(17-28)21(31)29-12-8-7-9-19(29)10-13-27-14-11-26-18-27;1-14(2,3)22-12(20)16-7-8-17(10(9-16)11(18)19)13(21)23-15(4,5)6/h11,14,18-20H,7-10,12-13,15-17H2,1-6H3;10H,7-9H2,1-6H3,(H,18,19)/t19?,20-;/m1./s1. The van der Waals surface area contributed by atoms with Crippen LogP contribution in [0.3, 0.4) is 0 Å². The zero-order valence-corrected chi connectivity index (χ0v) is 36.6. The molecule has 0 spiro atoms. The van der Waals surface area contributed by atoms with Crippen LogP contribution in [0.2, 0.25) is 0 Å². The summed E-state index contributed by atoms with van der Waals surface area (Å²) in [6.07, 6.45) is 6.83. The van der Waals surface area contributed by atoms with E-state index in [4.69, 9.17) is 18.9 Å². The van der Waals surface area contributed by atoms with Gasteiger partial charge in [-0.2, -0.15) is 0 Å². The smallest absolute Gasteiger partial charge is 0.411 e. The number of imidazole rings is 1. The number of carboxylic acids is 1. The van der Waals surface area contributed by atoms with E-state index in [2.05, 4.69) is 4.98 Å². The molecule has 5 amide bonds. The molecule has 3 aliphatic rings. The molecule has 1 N–H and O–H groups in total. The van der Waals surface area contributed by atoms with E-state index in [1.807, 2.05) is 36.4 Å². The van der Waals surface area contributed by atoms with Crippen LogP contribution in [0, 0.1) is 0 Å². The van der Waals surface area contributed by atoms with E-state index in [-0.39, 0.29) is 51.2 Å². The summed E-state index contributed by atoms with van der Waals surface area (Å²) in [6.45, 7) is 23.2. The van der Waals surface area contributed by atoms with Crippen LogP contribution in [0.15, 0.2) is 18.7 Å². The van der Waals surface area contributed by atoms with Crippen molar-refractivity contribution in [3.63, 3.8) is 0 Å². The molecule has 3 saturated heterocycles. The molecule has 3 aliphatic heterocycles. The van der Waals surface area contributed by atoms with Gasteiger partial charge in [0.1, 0.15) is 28.4 Å². The van der Waals surface area contributed by atoms with Crippen LogP contribution in [0.1, 0.15) is 109 Å². The number of hydrogen-bond donors (Lipinski definition) is 1. The Bertz CT molecular complexity index is 1570. The average Bonchev–Trinajstić information content (AvgIpc) is 3.61. The van der Waals surface area contributed by atoms with Gasteiger partial charge in [-0.15, -0.1) is 0 Å². The molecule has 4 heterocycles. The summed E-state index contributed by atoms with van der Waals surface area (Å²) in [6, 6.07) is -1.91. The van der Waals surface area contributed by atoms with Crippen molar-refractivity contribution in [2.24, 2.45) is 0 Å². The molecular weight excluding hydrogens is 754 g/mol. The molecule has 0 saturated carbocycles. The predicted molar refractivity (Wildman–Crippen MR) is 213 cm³/mol. The van der Waals surface area contributed by atoms with E-state index in [1.54, 1.807) is 74.8 Å². The SMILES string of the molecule is CC(C)(C)OC(=O)N1CCN(C(=O)OC(C)(C)C)C(C(=O)O)C1.CC(C)(C)OC(=O)N1CCN(C(=O)OC(C)(C)C)[C@@H](C(=O)N2CCCCC2CCn2ccnc2)C1. The zero-order chi connectivity index (χ0) is 43.8.